The van der Waals surface area contributed by atoms with Gasteiger partial charge in [0, 0.05) is 25.1 Å². The van der Waals surface area contributed by atoms with Gasteiger partial charge in [0.05, 0.1) is 11.1 Å². The predicted octanol–water partition coefficient (Wildman–Crippen LogP) is 2.11. The van der Waals surface area contributed by atoms with Crippen LogP contribution in [0.25, 0.3) is 0 Å². The number of hydrogen-bond donors (Lipinski definition) is 1. The van der Waals surface area contributed by atoms with E-state index in [-0.39, 0.29) is 18.4 Å². The number of carbonyl (C=O) groups is 2. The summed E-state index contributed by atoms with van der Waals surface area (Å²) in [6.45, 7) is 8.17. The maximum absolute atomic E-state index is 12.4. The normalized spacial score (nSPS) is 23.3. The van der Waals surface area contributed by atoms with E-state index in [1.807, 2.05) is 20.8 Å². The lowest BCUT2D eigenvalue weighted by molar-refractivity contribution is -0.147. The first-order valence-electron chi connectivity index (χ1n) is 7.18. The van der Waals surface area contributed by atoms with Gasteiger partial charge in [-0.05, 0) is 33.1 Å². The molecule has 1 saturated heterocycles. The molecule has 21 heavy (non-hydrogen) atoms. The third-order valence-corrected chi connectivity index (χ3v) is 4.40. The fraction of sp³-hybridized carbons (Fsp3) is 0.667. The van der Waals surface area contributed by atoms with E-state index in [2.05, 4.69) is 5.16 Å². The van der Waals surface area contributed by atoms with Crippen molar-refractivity contribution in [3.05, 3.63) is 17.0 Å². The summed E-state index contributed by atoms with van der Waals surface area (Å²) in [5.41, 5.74) is 0.968. The van der Waals surface area contributed by atoms with Crippen molar-refractivity contribution in [2.45, 2.75) is 46.5 Å². The molecule has 2 atom stereocenters. The summed E-state index contributed by atoms with van der Waals surface area (Å²) in [6, 6.07) is 0. The van der Waals surface area contributed by atoms with Crippen LogP contribution in [0.1, 0.15) is 49.6 Å². The van der Waals surface area contributed by atoms with E-state index in [1.165, 1.54) is 0 Å². The van der Waals surface area contributed by atoms with Gasteiger partial charge in [0.2, 0.25) is 5.91 Å². The van der Waals surface area contributed by atoms with Crippen molar-refractivity contribution in [3.63, 3.8) is 0 Å². The molecule has 1 fully saturated rings. The molecule has 1 aromatic rings. The third kappa shape index (κ3) is 2.94. The van der Waals surface area contributed by atoms with Gasteiger partial charge in [0.1, 0.15) is 5.76 Å². The summed E-state index contributed by atoms with van der Waals surface area (Å²) in [5, 5.41) is 13.1. The van der Waals surface area contributed by atoms with Crippen LogP contribution in [0.5, 0.6) is 0 Å². The molecule has 6 heteroatoms. The standard InChI is InChI=1S/C15H22N2O4/c1-9(13-10(2)16-21-11(13)3)7-12(18)17-6-5-15(4,8-17)14(19)20/h9H,5-8H2,1-4H3,(H,19,20). The summed E-state index contributed by atoms with van der Waals surface area (Å²) in [5.74, 6) is -0.0888. The second-order valence-electron chi connectivity index (χ2n) is 6.27. The van der Waals surface area contributed by atoms with E-state index in [4.69, 9.17) is 4.52 Å². The molecule has 2 unspecified atom stereocenters. The Labute approximate surface area is 124 Å². The molecule has 0 saturated carbocycles. The molecule has 1 aliphatic heterocycles. The maximum Gasteiger partial charge on any atom is 0.311 e. The molecular formula is C15H22N2O4. The van der Waals surface area contributed by atoms with Crippen LogP contribution in [0, 0.1) is 19.3 Å². The van der Waals surface area contributed by atoms with E-state index >= 15 is 0 Å². The number of amides is 1. The van der Waals surface area contributed by atoms with Crippen LogP contribution in [-0.4, -0.2) is 40.1 Å². The summed E-state index contributed by atoms with van der Waals surface area (Å²) >= 11 is 0. The molecule has 2 rings (SSSR count). The molecule has 0 bridgehead atoms. The highest BCUT2D eigenvalue weighted by molar-refractivity contribution is 5.81. The number of aromatic nitrogens is 1. The Bertz CT molecular complexity index is 547. The zero-order chi connectivity index (χ0) is 15.8. The van der Waals surface area contributed by atoms with Gasteiger partial charge in [-0.3, -0.25) is 9.59 Å². The minimum absolute atomic E-state index is 0.00697. The number of nitrogens with zero attached hydrogens (tertiary/aromatic N) is 2. The summed E-state index contributed by atoms with van der Waals surface area (Å²) < 4.78 is 5.14. The quantitative estimate of drug-likeness (QED) is 0.919. The number of rotatable bonds is 4. The molecule has 1 aromatic heterocycles. The number of hydrogen-bond acceptors (Lipinski definition) is 4. The average Bonchev–Trinajstić information content (AvgIpc) is 2.94. The smallest absolute Gasteiger partial charge is 0.311 e. The highest BCUT2D eigenvalue weighted by Gasteiger charge is 2.42. The fourth-order valence-electron chi connectivity index (χ4n) is 3.04. The largest absolute Gasteiger partial charge is 0.481 e. The van der Waals surface area contributed by atoms with Crippen LogP contribution in [-0.2, 0) is 9.59 Å². The number of aliphatic carboxylic acids is 1. The molecule has 1 aliphatic rings. The lowest BCUT2D eigenvalue weighted by Gasteiger charge is -2.21. The predicted molar refractivity (Wildman–Crippen MR) is 75.9 cm³/mol. The molecule has 0 aliphatic carbocycles. The van der Waals surface area contributed by atoms with Gasteiger partial charge in [-0.1, -0.05) is 12.1 Å². The summed E-state index contributed by atoms with van der Waals surface area (Å²) in [4.78, 5) is 25.3. The van der Waals surface area contributed by atoms with Crippen LogP contribution in [0.15, 0.2) is 4.52 Å². The van der Waals surface area contributed by atoms with Crippen LogP contribution in [0.3, 0.4) is 0 Å². The Kier molecular flexibility index (Phi) is 4.07. The van der Waals surface area contributed by atoms with Gasteiger partial charge >= 0.3 is 5.97 Å². The first kappa shape index (κ1) is 15.5. The second-order valence-corrected chi connectivity index (χ2v) is 6.27. The monoisotopic (exact) mass is 294 g/mol. The number of aryl methyl sites for hydroxylation is 2. The van der Waals surface area contributed by atoms with Crippen molar-refractivity contribution < 1.29 is 19.2 Å². The Morgan fingerprint density at radius 1 is 1.48 bits per heavy atom. The zero-order valence-corrected chi connectivity index (χ0v) is 13.0. The minimum Gasteiger partial charge on any atom is -0.481 e. The zero-order valence-electron chi connectivity index (χ0n) is 13.0. The molecule has 6 nitrogen and oxygen atoms in total. The number of likely N-dealkylation sites (tertiary alicyclic amines) is 1. The van der Waals surface area contributed by atoms with Crippen molar-refractivity contribution in [3.8, 4) is 0 Å². The summed E-state index contributed by atoms with van der Waals surface area (Å²) in [6.07, 6.45) is 0.854. The van der Waals surface area contributed by atoms with Crippen LogP contribution >= 0.6 is 0 Å². The number of carboxylic acids is 1. The topological polar surface area (TPSA) is 83.6 Å². The SMILES string of the molecule is Cc1noc(C)c1C(C)CC(=O)N1CCC(C)(C(=O)O)C1. The third-order valence-electron chi connectivity index (χ3n) is 4.40. The molecule has 0 radical (unpaired) electrons. The van der Waals surface area contributed by atoms with E-state index in [0.717, 1.165) is 17.0 Å². The van der Waals surface area contributed by atoms with Crippen LogP contribution < -0.4 is 0 Å². The van der Waals surface area contributed by atoms with Gasteiger partial charge in [-0.2, -0.15) is 0 Å². The lowest BCUT2D eigenvalue weighted by Crippen LogP contribution is -2.35. The molecular weight excluding hydrogens is 272 g/mol. The van der Waals surface area contributed by atoms with Gasteiger partial charge in [0.15, 0.2) is 0 Å². The molecule has 1 N–H and O–H groups in total. The van der Waals surface area contributed by atoms with Crippen molar-refractivity contribution in [1.82, 2.24) is 10.1 Å². The molecule has 2 heterocycles. The minimum atomic E-state index is -0.837. The Balaban J connectivity index is 2.01. The molecule has 116 valence electrons. The van der Waals surface area contributed by atoms with Gasteiger partial charge < -0.3 is 14.5 Å². The average molecular weight is 294 g/mol. The second kappa shape index (κ2) is 5.50. The van der Waals surface area contributed by atoms with E-state index in [9.17, 15) is 14.7 Å². The highest BCUT2D eigenvalue weighted by atomic mass is 16.5. The summed E-state index contributed by atoms with van der Waals surface area (Å²) in [7, 11) is 0. The highest BCUT2D eigenvalue weighted by Crippen LogP contribution is 2.32. The van der Waals surface area contributed by atoms with Crippen LogP contribution in [0.2, 0.25) is 0 Å². The fourth-order valence-corrected chi connectivity index (χ4v) is 3.04. The lowest BCUT2D eigenvalue weighted by atomic mass is 9.90. The van der Waals surface area contributed by atoms with Gasteiger partial charge in [0.25, 0.3) is 0 Å². The van der Waals surface area contributed by atoms with Crippen molar-refractivity contribution in [1.29, 1.82) is 0 Å². The molecule has 1 amide bonds. The van der Waals surface area contributed by atoms with Gasteiger partial charge in [-0.25, -0.2) is 0 Å². The van der Waals surface area contributed by atoms with Crippen molar-refractivity contribution in [2.75, 3.05) is 13.1 Å². The Morgan fingerprint density at radius 3 is 2.62 bits per heavy atom. The first-order valence-corrected chi connectivity index (χ1v) is 7.18. The number of carboxylic acid groups (broad SMARTS) is 1. The van der Waals surface area contributed by atoms with E-state index in [1.54, 1.807) is 11.8 Å². The Morgan fingerprint density at radius 2 is 2.14 bits per heavy atom. The molecule has 0 aromatic carbocycles. The van der Waals surface area contributed by atoms with Crippen molar-refractivity contribution in [2.24, 2.45) is 5.41 Å². The van der Waals surface area contributed by atoms with E-state index in [0.29, 0.717) is 19.4 Å². The number of carbonyl (C=O) groups excluding carboxylic acids is 1. The Hall–Kier alpha value is -1.85. The molecule has 0 spiro atoms. The first-order chi connectivity index (χ1) is 9.74. The van der Waals surface area contributed by atoms with Crippen molar-refractivity contribution >= 4 is 11.9 Å². The van der Waals surface area contributed by atoms with E-state index < -0.39 is 11.4 Å². The van der Waals surface area contributed by atoms with Gasteiger partial charge in [-0.15, -0.1) is 0 Å². The maximum atomic E-state index is 12.4. The van der Waals surface area contributed by atoms with Crippen LogP contribution in [0.4, 0.5) is 0 Å².